The molecule has 1 N–H and O–H groups in total. The van der Waals surface area contributed by atoms with Gasteiger partial charge in [-0.1, -0.05) is 0 Å². The zero-order valence-corrected chi connectivity index (χ0v) is 12.9. The van der Waals surface area contributed by atoms with Gasteiger partial charge in [-0.25, -0.2) is 4.68 Å². The lowest BCUT2D eigenvalue weighted by atomic mass is 9.97. The van der Waals surface area contributed by atoms with Crippen molar-refractivity contribution in [2.75, 3.05) is 6.54 Å². The van der Waals surface area contributed by atoms with Crippen LogP contribution in [0, 0.1) is 10.1 Å². The lowest BCUT2D eigenvalue weighted by Crippen LogP contribution is -2.33. The fourth-order valence-corrected chi connectivity index (χ4v) is 2.67. The van der Waals surface area contributed by atoms with Gasteiger partial charge in [0.05, 0.1) is 18.3 Å². The lowest BCUT2D eigenvalue weighted by Gasteiger charge is -2.15. The Morgan fingerprint density at radius 1 is 1.38 bits per heavy atom. The molecule has 9 nitrogen and oxygen atoms in total. The van der Waals surface area contributed by atoms with Gasteiger partial charge in [-0.15, -0.1) is 0 Å². The van der Waals surface area contributed by atoms with Gasteiger partial charge in [-0.2, -0.15) is 5.10 Å². The molecule has 0 fully saturated rings. The van der Waals surface area contributed by atoms with E-state index < -0.39 is 16.7 Å². The van der Waals surface area contributed by atoms with Crippen LogP contribution < -0.4 is 10.9 Å². The van der Waals surface area contributed by atoms with Gasteiger partial charge in [0.1, 0.15) is 4.92 Å². The van der Waals surface area contributed by atoms with Gasteiger partial charge in [-0.3, -0.25) is 19.7 Å². The van der Waals surface area contributed by atoms with E-state index in [0.717, 1.165) is 43.0 Å². The highest BCUT2D eigenvalue weighted by Crippen LogP contribution is 2.17. The quantitative estimate of drug-likeness (QED) is 0.645. The van der Waals surface area contributed by atoms with Crippen LogP contribution in [0.4, 0.5) is 5.88 Å². The van der Waals surface area contributed by atoms with Crippen molar-refractivity contribution in [3.05, 3.63) is 55.7 Å². The smallest absolute Gasteiger partial charge is 0.395 e. The predicted molar refractivity (Wildman–Crippen MR) is 82.8 cm³/mol. The summed E-state index contributed by atoms with van der Waals surface area (Å²) in [6, 6.07) is 3.96. The lowest BCUT2D eigenvalue weighted by molar-refractivity contribution is -0.402. The highest BCUT2D eigenvalue weighted by molar-refractivity contribution is 5.91. The first-order chi connectivity index (χ1) is 11.5. The Kier molecular flexibility index (Phi) is 4.41. The van der Waals surface area contributed by atoms with Gasteiger partial charge in [0.15, 0.2) is 5.76 Å². The second kappa shape index (κ2) is 6.65. The minimum atomic E-state index is -0.715. The van der Waals surface area contributed by atoms with Crippen LogP contribution in [0.15, 0.2) is 27.4 Å². The molecule has 0 saturated carbocycles. The van der Waals surface area contributed by atoms with Gasteiger partial charge in [0, 0.05) is 12.6 Å². The van der Waals surface area contributed by atoms with Gasteiger partial charge in [-0.05, 0) is 37.3 Å². The summed E-state index contributed by atoms with van der Waals surface area (Å²) in [5.41, 5.74) is 1.75. The van der Waals surface area contributed by atoms with E-state index in [1.165, 1.54) is 10.7 Å². The summed E-state index contributed by atoms with van der Waals surface area (Å²) < 4.78 is 6.14. The van der Waals surface area contributed by atoms with Crippen molar-refractivity contribution in [2.24, 2.45) is 0 Å². The summed E-state index contributed by atoms with van der Waals surface area (Å²) in [7, 11) is 0. The molecule has 2 aromatic heterocycles. The second-order valence-electron chi connectivity index (χ2n) is 5.54. The minimum absolute atomic E-state index is 0.146. The number of rotatable bonds is 5. The van der Waals surface area contributed by atoms with Crippen LogP contribution in [0.25, 0.3) is 0 Å². The molecule has 0 saturated heterocycles. The van der Waals surface area contributed by atoms with E-state index in [1.54, 1.807) is 6.07 Å². The van der Waals surface area contributed by atoms with Crippen LogP contribution in [-0.4, -0.2) is 27.2 Å². The number of aromatic nitrogens is 2. The van der Waals surface area contributed by atoms with Gasteiger partial charge in [0.2, 0.25) is 0 Å². The molecule has 0 bridgehead atoms. The van der Waals surface area contributed by atoms with Crippen molar-refractivity contribution in [1.82, 2.24) is 15.1 Å². The molecule has 0 unspecified atom stereocenters. The number of nitrogens with one attached hydrogen (secondary N) is 1. The van der Waals surface area contributed by atoms with Crippen molar-refractivity contribution in [1.29, 1.82) is 0 Å². The molecule has 0 spiro atoms. The van der Waals surface area contributed by atoms with E-state index >= 15 is 0 Å². The van der Waals surface area contributed by atoms with Crippen LogP contribution in [0.1, 0.15) is 34.7 Å². The fourth-order valence-electron chi connectivity index (χ4n) is 2.67. The molecule has 3 rings (SSSR count). The van der Waals surface area contributed by atoms with E-state index in [9.17, 15) is 19.7 Å². The monoisotopic (exact) mass is 332 g/mol. The Morgan fingerprint density at radius 2 is 2.17 bits per heavy atom. The van der Waals surface area contributed by atoms with Crippen molar-refractivity contribution >= 4 is 11.8 Å². The maximum atomic E-state index is 12.0. The molecule has 0 atom stereocenters. The molecular weight excluding hydrogens is 316 g/mol. The van der Waals surface area contributed by atoms with Crippen LogP contribution in [-0.2, 0) is 19.4 Å². The van der Waals surface area contributed by atoms with Crippen LogP contribution in [0.3, 0.4) is 0 Å². The number of aryl methyl sites for hydroxylation is 2. The maximum absolute atomic E-state index is 12.0. The predicted octanol–water partition coefficient (Wildman–Crippen LogP) is 1.05. The van der Waals surface area contributed by atoms with Gasteiger partial charge in [0.25, 0.3) is 11.5 Å². The van der Waals surface area contributed by atoms with Crippen LogP contribution in [0.5, 0.6) is 0 Å². The third kappa shape index (κ3) is 3.34. The first-order valence-electron chi connectivity index (χ1n) is 7.67. The van der Waals surface area contributed by atoms with E-state index in [1.807, 2.05) is 0 Å². The molecule has 0 aliphatic heterocycles. The summed E-state index contributed by atoms with van der Waals surface area (Å²) in [5, 5.41) is 17.4. The number of carbonyl (C=O) groups is 1. The largest absolute Gasteiger partial charge is 0.433 e. The molecule has 126 valence electrons. The number of carbonyl (C=O) groups excluding carboxylic acids is 1. The van der Waals surface area contributed by atoms with Gasteiger partial charge < -0.3 is 9.73 Å². The number of furan rings is 1. The summed E-state index contributed by atoms with van der Waals surface area (Å²) >= 11 is 0. The zero-order valence-electron chi connectivity index (χ0n) is 12.9. The van der Waals surface area contributed by atoms with Crippen molar-refractivity contribution in [3.63, 3.8) is 0 Å². The summed E-state index contributed by atoms with van der Waals surface area (Å²) in [4.78, 5) is 33.7. The van der Waals surface area contributed by atoms with Gasteiger partial charge >= 0.3 is 5.88 Å². The molecule has 1 aliphatic rings. The molecule has 2 heterocycles. The second-order valence-corrected chi connectivity index (χ2v) is 5.54. The molecular formula is C15H16N4O5. The molecule has 9 heteroatoms. The van der Waals surface area contributed by atoms with Crippen molar-refractivity contribution in [2.45, 2.75) is 32.2 Å². The molecule has 24 heavy (non-hydrogen) atoms. The van der Waals surface area contributed by atoms with E-state index in [2.05, 4.69) is 10.4 Å². The molecule has 0 aromatic carbocycles. The molecule has 1 amide bonds. The average molecular weight is 332 g/mol. The Bertz CT molecular complexity index is 839. The highest BCUT2D eigenvalue weighted by atomic mass is 16.6. The van der Waals surface area contributed by atoms with Crippen molar-refractivity contribution < 1.29 is 14.1 Å². The van der Waals surface area contributed by atoms with Crippen molar-refractivity contribution in [3.8, 4) is 0 Å². The fraction of sp³-hybridized carbons (Fsp3) is 0.400. The van der Waals surface area contributed by atoms with Crippen LogP contribution >= 0.6 is 0 Å². The van der Waals surface area contributed by atoms with E-state index in [4.69, 9.17) is 4.42 Å². The number of nitrogens with zero attached hydrogens (tertiary/aromatic N) is 3. The number of amides is 1. The summed E-state index contributed by atoms with van der Waals surface area (Å²) in [6.45, 7) is 0.389. The third-order valence-electron chi connectivity index (χ3n) is 3.88. The maximum Gasteiger partial charge on any atom is 0.433 e. The minimum Gasteiger partial charge on any atom is -0.395 e. The molecule has 1 aliphatic carbocycles. The normalized spacial score (nSPS) is 13.3. The number of hydrogen-bond acceptors (Lipinski definition) is 6. The van der Waals surface area contributed by atoms with Crippen LogP contribution in [0.2, 0.25) is 0 Å². The highest BCUT2D eigenvalue weighted by Gasteiger charge is 2.17. The first-order valence-corrected chi connectivity index (χ1v) is 7.67. The Morgan fingerprint density at radius 3 is 2.92 bits per heavy atom. The SMILES string of the molecule is O=C(NCCn1nc2c(cc1=O)CCCC2)c1ccc([N+](=O)[O-])o1. The Hall–Kier alpha value is -2.97. The zero-order chi connectivity index (χ0) is 17.1. The summed E-state index contributed by atoms with van der Waals surface area (Å²) in [6.07, 6.45) is 3.88. The first kappa shape index (κ1) is 15.9. The molecule has 0 radical (unpaired) electrons. The number of fused-ring (bicyclic) bond motifs is 1. The summed E-state index contributed by atoms with van der Waals surface area (Å²) in [5.74, 6) is -1.21. The Balaban J connectivity index is 1.60. The molecule has 2 aromatic rings. The average Bonchev–Trinajstić information content (AvgIpc) is 3.05. The number of hydrogen-bond donors (Lipinski definition) is 1. The number of nitro groups is 1. The topological polar surface area (TPSA) is 120 Å². The van der Waals surface area contributed by atoms with E-state index in [-0.39, 0.29) is 24.4 Å². The third-order valence-corrected chi connectivity index (χ3v) is 3.88. The Labute approximate surface area is 136 Å². The standard InChI is InChI=1S/C15H16N4O5/c20-13-9-10-3-1-2-4-11(10)17-18(13)8-7-16-15(21)12-5-6-14(24-12)19(22)23/h5-6,9H,1-4,7-8H2,(H,16,21). The van der Waals surface area contributed by atoms with E-state index in [0.29, 0.717) is 0 Å².